The molecule has 1 rings (SSSR count). The number of nitrogens with two attached hydrogens (primary N) is 1. The van der Waals surface area contributed by atoms with Crippen molar-refractivity contribution in [1.29, 1.82) is 0 Å². The maximum Gasteiger partial charge on any atom is 0.137 e. The Labute approximate surface area is 111 Å². The first-order chi connectivity index (χ1) is 8.36. The zero-order valence-electron chi connectivity index (χ0n) is 12.5. The molecule has 2 N–H and O–H groups in total. The van der Waals surface area contributed by atoms with Gasteiger partial charge in [-0.05, 0) is 12.8 Å². The summed E-state index contributed by atoms with van der Waals surface area (Å²) in [6.07, 6.45) is 1.17. The highest BCUT2D eigenvalue weighted by Gasteiger charge is 2.15. The minimum Gasteiger partial charge on any atom is -0.383 e. The third-order valence-electron chi connectivity index (χ3n) is 3.34. The van der Waals surface area contributed by atoms with Crippen LogP contribution in [0.5, 0.6) is 0 Å². The van der Waals surface area contributed by atoms with Crippen molar-refractivity contribution in [3.8, 4) is 0 Å². The molecule has 4 nitrogen and oxygen atoms in total. The highest BCUT2D eigenvalue weighted by atomic mass is 15.2. The lowest BCUT2D eigenvalue weighted by Gasteiger charge is -2.24. The van der Waals surface area contributed by atoms with Gasteiger partial charge >= 0.3 is 0 Å². The lowest BCUT2D eigenvalue weighted by Crippen LogP contribution is -2.26. The SMILES string of the molecule is CCC(C)CN(C)c1nc(C(C)C)nc(N)c1C. The molecular formula is C14H26N4. The smallest absolute Gasteiger partial charge is 0.137 e. The van der Waals surface area contributed by atoms with Gasteiger partial charge in [0.2, 0.25) is 0 Å². The van der Waals surface area contributed by atoms with Crippen LogP contribution >= 0.6 is 0 Å². The maximum absolute atomic E-state index is 5.98. The molecule has 1 unspecified atom stereocenters. The lowest BCUT2D eigenvalue weighted by atomic mass is 10.1. The van der Waals surface area contributed by atoms with E-state index in [-0.39, 0.29) is 0 Å². The molecule has 0 bridgehead atoms. The first-order valence-electron chi connectivity index (χ1n) is 6.71. The van der Waals surface area contributed by atoms with E-state index in [1.807, 2.05) is 6.92 Å². The summed E-state index contributed by atoms with van der Waals surface area (Å²) in [5, 5.41) is 0. The third kappa shape index (κ3) is 3.34. The average molecular weight is 250 g/mol. The number of nitrogen functional groups attached to an aromatic ring is 1. The van der Waals surface area contributed by atoms with Crippen molar-refractivity contribution >= 4 is 11.6 Å². The van der Waals surface area contributed by atoms with E-state index in [2.05, 4.69) is 49.6 Å². The van der Waals surface area contributed by atoms with Gasteiger partial charge in [0.1, 0.15) is 17.5 Å². The topological polar surface area (TPSA) is 55.0 Å². The van der Waals surface area contributed by atoms with Gasteiger partial charge < -0.3 is 10.6 Å². The first-order valence-corrected chi connectivity index (χ1v) is 6.71. The monoisotopic (exact) mass is 250 g/mol. The highest BCUT2D eigenvalue weighted by molar-refractivity contribution is 5.56. The van der Waals surface area contributed by atoms with E-state index in [1.165, 1.54) is 6.42 Å². The molecule has 0 aliphatic rings. The Kier molecular flexibility index (Phi) is 4.93. The van der Waals surface area contributed by atoms with Gasteiger partial charge in [-0.15, -0.1) is 0 Å². The number of anilines is 2. The van der Waals surface area contributed by atoms with Crippen molar-refractivity contribution in [3.05, 3.63) is 11.4 Å². The molecule has 0 spiro atoms. The Balaban J connectivity index is 3.06. The molecule has 0 aliphatic carbocycles. The molecule has 1 aromatic rings. The molecule has 0 saturated carbocycles. The molecule has 0 aromatic carbocycles. The van der Waals surface area contributed by atoms with E-state index in [0.717, 1.165) is 23.8 Å². The molecule has 0 radical (unpaired) electrons. The molecular weight excluding hydrogens is 224 g/mol. The number of nitrogens with zero attached hydrogens (tertiary/aromatic N) is 3. The van der Waals surface area contributed by atoms with Gasteiger partial charge in [-0.2, -0.15) is 0 Å². The van der Waals surface area contributed by atoms with Crippen molar-refractivity contribution < 1.29 is 0 Å². The summed E-state index contributed by atoms with van der Waals surface area (Å²) < 4.78 is 0. The van der Waals surface area contributed by atoms with Crippen LogP contribution in [0.3, 0.4) is 0 Å². The number of aromatic nitrogens is 2. The maximum atomic E-state index is 5.98. The van der Waals surface area contributed by atoms with E-state index in [0.29, 0.717) is 17.7 Å². The van der Waals surface area contributed by atoms with Gasteiger partial charge in [0.25, 0.3) is 0 Å². The van der Waals surface area contributed by atoms with Crippen molar-refractivity contribution in [1.82, 2.24) is 9.97 Å². The number of rotatable bonds is 5. The van der Waals surface area contributed by atoms with Crippen LogP contribution in [0.2, 0.25) is 0 Å². The van der Waals surface area contributed by atoms with Crippen LogP contribution in [0, 0.1) is 12.8 Å². The summed E-state index contributed by atoms with van der Waals surface area (Å²) in [4.78, 5) is 11.2. The van der Waals surface area contributed by atoms with Crippen LogP contribution in [0.25, 0.3) is 0 Å². The summed E-state index contributed by atoms with van der Waals surface area (Å²) in [6, 6.07) is 0. The number of hydrogen-bond acceptors (Lipinski definition) is 4. The summed E-state index contributed by atoms with van der Waals surface area (Å²) in [5.41, 5.74) is 6.96. The molecule has 0 amide bonds. The molecule has 102 valence electrons. The second-order valence-electron chi connectivity index (χ2n) is 5.46. The van der Waals surface area contributed by atoms with E-state index >= 15 is 0 Å². The van der Waals surface area contributed by atoms with Crippen LogP contribution in [-0.4, -0.2) is 23.6 Å². The van der Waals surface area contributed by atoms with E-state index in [9.17, 15) is 0 Å². The van der Waals surface area contributed by atoms with Crippen LogP contribution in [0.1, 0.15) is 51.4 Å². The van der Waals surface area contributed by atoms with Crippen molar-refractivity contribution in [2.24, 2.45) is 5.92 Å². The van der Waals surface area contributed by atoms with E-state index in [4.69, 9.17) is 5.73 Å². The molecule has 1 aromatic heterocycles. The quantitative estimate of drug-likeness (QED) is 0.873. The highest BCUT2D eigenvalue weighted by Crippen LogP contribution is 2.24. The third-order valence-corrected chi connectivity index (χ3v) is 3.34. The normalized spacial score (nSPS) is 12.8. The predicted octanol–water partition coefficient (Wildman–Crippen LogP) is 2.97. The second kappa shape index (κ2) is 6.03. The van der Waals surface area contributed by atoms with Crippen molar-refractivity contribution in [2.75, 3.05) is 24.2 Å². The van der Waals surface area contributed by atoms with Crippen LogP contribution < -0.4 is 10.6 Å². The fourth-order valence-corrected chi connectivity index (χ4v) is 1.85. The van der Waals surface area contributed by atoms with E-state index in [1.54, 1.807) is 0 Å². The average Bonchev–Trinajstić information content (AvgIpc) is 2.31. The standard InChI is InChI=1S/C14H26N4/c1-7-10(4)8-18(6)14-11(5)12(15)16-13(17-14)9(2)3/h9-10H,7-8H2,1-6H3,(H2,15,16,17). The Morgan fingerprint density at radius 1 is 1.22 bits per heavy atom. The van der Waals surface area contributed by atoms with E-state index < -0.39 is 0 Å². The zero-order valence-corrected chi connectivity index (χ0v) is 12.5. The van der Waals surface area contributed by atoms with Crippen LogP contribution in [0.4, 0.5) is 11.6 Å². The lowest BCUT2D eigenvalue weighted by molar-refractivity contribution is 0.556. The van der Waals surface area contributed by atoms with Crippen LogP contribution in [0.15, 0.2) is 0 Å². The van der Waals surface area contributed by atoms with Gasteiger partial charge in [0.15, 0.2) is 0 Å². The summed E-state index contributed by atoms with van der Waals surface area (Å²) >= 11 is 0. The van der Waals surface area contributed by atoms with Gasteiger partial charge in [0.05, 0.1) is 0 Å². The molecule has 0 fully saturated rings. The Morgan fingerprint density at radius 3 is 2.33 bits per heavy atom. The Morgan fingerprint density at radius 2 is 1.83 bits per heavy atom. The molecule has 4 heteroatoms. The minimum absolute atomic E-state index is 0.295. The largest absolute Gasteiger partial charge is 0.383 e. The summed E-state index contributed by atoms with van der Waals surface area (Å²) in [6.45, 7) is 11.6. The molecule has 1 heterocycles. The fourth-order valence-electron chi connectivity index (χ4n) is 1.85. The first kappa shape index (κ1) is 14.7. The molecule has 18 heavy (non-hydrogen) atoms. The summed E-state index contributed by atoms with van der Waals surface area (Å²) in [5.74, 6) is 3.33. The Hall–Kier alpha value is -1.32. The van der Waals surface area contributed by atoms with Crippen LogP contribution in [-0.2, 0) is 0 Å². The fraction of sp³-hybridized carbons (Fsp3) is 0.714. The zero-order chi connectivity index (χ0) is 13.9. The Bertz CT molecular complexity index is 401. The summed E-state index contributed by atoms with van der Waals surface area (Å²) in [7, 11) is 2.07. The number of hydrogen-bond donors (Lipinski definition) is 1. The predicted molar refractivity (Wildman–Crippen MR) is 78.0 cm³/mol. The molecule has 1 atom stereocenters. The van der Waals surface area contributed by atoms with Gasteiger partial charge in [-0.25, -0.2) is 9.97 Å². The second-order valence-corrected chi connectivity index (χ2v) is 5.46. The van der Waals surface area contributed by atoms with Crippen molar-refractivity contribution in [2.45, 2.75) is 47.0 Å². The van der Waals surface area contributed by atoms with Crippen molar-refractivity contribution in [3.63, 3.8) is 0 Å². The van der Waals surface area contributed by atoms with Gasteiger partial charge in [-0.3, -0.25) is 0 Å². The molecule has 0 saturated heterocycles. The molecule has 0 aliphatic heterocycles. The van der Waals surface area contributed by atoms with Gasteiger partial charge in [0, 0.05) is 25.1 Å². The minimum atomic E-state index is 0.295. The van der Waals surface area contributed by atoms with Gasteiger partial charge in [-0.1, -0.05) is 34.1 Å².